The number of aromatic nitrogens is 2. The van der Waals surface area contributed by atoms with Crippen molar-refractivity contribution in [3.05, 3.63) is 150 Å². The van der Waals surface area contributed by atoms with Crippen molar-refractivity contribution in [2.75, 3.05) is 35.9 Å². The first-order valence-corrected chi connectivity index (χ1v) is 16.7. The highest BCUT2D eigenvalue weighted by Gasteiger charge is 2.44. The van der Waals surface area contributed by atoms with Crippen LogP contribution in [0.15, 0.2) is 132 Å². The molecule has 2 aliphatic rings. The fraction of sp³-hybridized carbons (Fsp3) is 0.146. The van der Waals surface area contributed by atoms with E-state index >= 15 is 0 Å². The normalized spacial score (nSPS) is 14.3. The number of anilines is 3. The lowest BCUT2D eigenvalue weighted by Crippen LogP contribution is -2.42. The third-order valence-corrected chi connectivity index (χ3v) is 9.13. The molecule has 3 heterocycles. The molecule has 5 aromatic carbocycles. The molecule has 10 heteroatoms. The second-order valence-electron chi connectivity index (χ2n) is 12.3. The van der Waals surface area contributed by atoms with Crippen LogP contribution in [-0.4, -0.2) is 42.5 Å². The predicted molar refractivity (Wildman–Crippen MR) is 199 cm³/mol. The Hall–Kier alpha value is -6.55. The van der Waals surface area contributed by atoms with E-state index in [1.54, 1.807) is 38.5 Å². The van der Waals surface area contributed by atoms with Crippen molar-refractivity contribution in [1.82, 2.24) is 9.78 Å². The van der Waals surface area contributed by atoms with Gasteiger partial charge in [0.05, 0.1) is 49.6 Å². The molecule has 0 aliphatic carbocycles. The number of aliphatic imine (C=N–C) groups is 1. The second kappa shape index (κ2) is 13.4. The van der Waals surface area contributed by atoms with Gasteiger partial charge in [-0.25, -0.2) is 4.68 Å². The number of carbonyl (C=O) groups is 1. The number of hydrogen-bond donors (Lipinski definition) is 1. The smallest absolute Gasteiger partial charge is 0.262 e. The number of rotatable bonds is 10. The summed E-state index contributed by atoms with van der Waals surface area (Å²) in [5.74, 6) is 2.97. The van der Waals surface area contributed by atoms with Crippen LogP contribution in [0, 0.1) is 6.92 Å². The van der Waals surface area contributed by atoms with E-state index in [1.165, 1.54) is 5.56 Å². The van der Waals surface area contributed by atoms with Crippen LogP contribution in [0.1, 0.15) is 28.4 Å². The van der Waals surface area contributed by atoms with Crippen LogP contribution in [0.25, 0.3) is 5.69 Å². The Bertz CT molecular complexity index is 2230. The zero-order valence-electron chi connectivity index (χ0n) is 28.5. The summed E-state index contributed by atoms with van der Waals surface area (Å²) in [5.41, 5.74) is 7.69. The molecule has 0 saturated carbocycles. The molecule has 1 unspecified atom stereocenters. The molecule has 0 radical (unpaired) electrons. The molecule has 1 amide bonds. The zero-order valence-corrected chi connectivity index (χ0v) is 28.5. The Morgan fingerprint density at radius 2 is 1.49 bits per heavy atom. The fourth-order valence-electron chi connectivity index (χ4n) is 6.76. The Labute approximate surface area is 296 Å². The van der Waals surface area contributed by atoms with E-state index < -0.39 is 0 Å². The largest absolute Gasteiger partial charge is 0.497 e. The molecule has 0 bridgehead atoms. The summed E-state index contributed by atoms with van der Waals surface area (Å²) in [6, 6.07) is 41.6. The third-order valence-electron chi connectivity index (χ3n) is 9.13. The molecule has 6 aromatic rings. The van der Waals surface area contributed by atoms with E-state index in [0.29, 0.717) is 29.5 Å². The number of aryl methyl sites for hydroxylation is 1. The number of hydrogen-bond acceptors (Lipinski definition) is 8. The van der Waals surface area contributed by atoms with Crippen molar-refractivity contribution in [3.63, 3.8) is 0 Å². The maximum Gasteiger partial charge on any atom is 0.262 e. The van der Waals surface area contributed by atoms with Gasteiger partial charge in [0.1, 0.15) is 5.75 Å². The number of methoxy groups -OCH3 is 2. The number of nitrogens with one attached hydrogen (secondary N) is 1. The first-order chi connectivity index (χ1) is 25.0. The molecular formula is C41H36N6O4. The average molecular weight is 677 g/mol. The third kappa shape index (κ3) is 5.90. The maximum atomic E-state index is 12.8. The van der Waals surface area contributed by atoms with Gasteiger partial charge in [0.15, 0.2) is 23.9 Å². The summed E-state index contributed by atoms with van der Waals surface area (Å²) in [4.78, 5) is 22.8. The van der Waals surface area contributed by atoms with Crippen LogP contribution in [0.4, 0.5) is 22.9 Å². The number of amides is 1. The van der Waals surface area contributed by atoms with Gasteiger partial charge in [0.2, 0.25) is 5.96 Å². The van der Waals surface area contributed by atoms with Crippen LogP contribution >= 0.6 is 0 Å². The van der Waals surface area contributed by atoms with Gasteiger partial charge in [-0.3, -0.25) is 9.69 Å². The van der Waals surface area contributed by atoms with Crippen LogP contribution < -0.4 is 29.3 Å². The number of benzene rings is 5. The first kappa shape index (κ1) is 31.7. The van der Waals surface area contributed by atoms with E-state index in [9.17, 15) is 4.79 Å². The second-order valence-corrected chi connectivity index (χ2v) is 12.3. The quantitative estimate of drug-likeness (QED) is 0.158. The summed E-state index contributed by atoms with van der Waals surface area (Å²) in [6.07, 6.45) is 0. The standard InChI is InChI=1S/C41H36N6O4/c1-27-38-39(29-18-23-35(36(24-29)50-3)51-26-37(48)42-30-19-21-32(49-2)22-20-30)46-34-17-11-10-16-33(34)45(25-28-12-6-4-7-13-28)41(46)43-40(38)47(44-27)31-14-8-5-9-15-31/h4-24,39H,25-26H2,1-3H3,(H,42,48). The molecule has 1 atom stereocenters. The minimum Gasteiger partial charge on any atom is -0.497 e. The lowest BCUT2D eigenvalue weighted by Gasteiger charge is -2.35. The van der Waals surface area contributed by atoms with Gasteiger partial charge < -0.3 is 24.4 Å². The first-order valence-electron chi connectivity index (χ1n) is 16.7. The van der Waals surface area contributed by atoms with Gasteiger partial charge in [-0.2, -0.15) is 10.1 Å². The highest BCUT2D eigenvalue weighted by molar-refractivity contribution is 6.18. The highest BCUT2D eigenvalue weighted by Crippen LogP contribution is 2.51. The van der Waals surface area contributed by atoms with Crippen molar-refractivity contribution in [2.24, 2.45) is 4.99 Å². The van der Waals surface area contributed by atoms with Crippen LogP contribution in [-0.2, 0) is 11.3 Å². The van der Waals surface area contributed by atoms with Gasteiger partial charge in [0, 0.05) is 11.3 Å². The van der Waals surface area contributed by atoms with Crippen LogP contribution in [0.3, 0.4) is 0 Å². The lowest BCUT2D eigenvalue weighted by molar-refractivity contribution is -0.118. The molecule has 1 N–H and O–H groups in total. The minimum atomic E-state index is -0.298. The van der Waals surface area contributed by atoms with E-state index in [-0.39, 0.29) is 18.6 Å². The number of carbonyl (C=O) groups excluding carboxylic acids is 1. The van der Waals surface area contributed by atoms with Crippen LogP contribution in [0.5, 0.6) is 17.2 Å². The van der Waals surface area contributed by atoms with Gasteiger partial charge in [-0.1, -0.05) is 66.7 Å². The molecule has 51 heavy (non-hydrogen) atoms. The van der Waals surface area contributed by atoms with E-state index in [1.807, 2.05) is 66.2 Å². The highest BCUT2D eigenvalue weighted by atomic mass is 16.5. The minimum absolute atomic E-state index is 0.191. The summed E-state index contributed by atoms with van der Waals surface area (Å²) >= 11 is 0. The van der Waals surface area contributed by atoms with Crippen molar-refractivity contribution in [1.29, 1.82) is 0 Å². The number of ether oxygens (including phenoxy) is 3. The van der Waals surface area contributed by atoms with Gasteiger partial charge in [-0.15, -0.1) is 0 Å². The Balaban J connectivity index is 1.18. The number of para-hydroxylation sites is 3. The SMILES string of the molecule is COc1ccc(NC(=O)COc2ccc(C3c4c(C)nn(-c5ccccc5)c4N=C4N(Cc5ccccc5)c5ccccc5N43)cc2OC)cc1. The number of nitrogens with zero attached hydrogens (tertiary/aromatic N) is 5. The van der Waals surface area contributed by atoms with Crippen molar-refractivity contribution < 1.29 is 19.0 Å². The summed E-state index contributed by atoms with van der Waals surface area (Å²) in [6.45, 7) is 2.48. The molecule has 8 rings (SSSR count). The van der Waals surface area contributed by atoms with E-state index in [4.69, 9.17) is 24.3 Å². The monoisotopic (exact) mass is 676 g/mol. The van der Waals surface area contributed by atoms with Crippen LogP contribution in [0.2, 0.25) is 0 Å². The lowest BCUT2D eigenvalue weighted by atomic mass is 9.95. The molecule has 1 aromatic heterocycles. The molecule has 254 valence electrons. The predicted octanol–water partition coefficient (Wildman–Crippen LogP) is 7.83. The molecule has 0 saturated heterocycles. The summed E-state index contributed by atoms with van der Waals surface area (Å²) in [7, 11) is 3.21. The van der Waals surface area contributed by atoms with Gasteiger partial charge in [0.25, 0.3) is 5.91 Å². The summed E-state index contributed by atoms with van der Waals surface area (Å²) < 4.78 is 19.0. The van der Waals surface area contributed by atoms with Gasteiger partial charge in [-0.05, 0) is 78.7 Å². The number of guanidine groups is 1. The van der Waals surface area contributed by atoms with E-state index in [2.05, 4.69) is 63.6 Å². The van der Waals surface area contributed by atoms with Gasteiger partial charge >= 0.3 is 0 Å². The van der Waals surface area contributed by atoms with Crippen molar-refractivity contribution >= 4 is 34.7 Å². The molecule has 10 nitrogen and oxygen atoms in total. The molecule has 0 spiro atoms. The molecular weight excluding hydrogens is 640 g/mol. The molecule has 0 fully saturated rings. The number of fused-ring (bicyclic) bond motifs is 4. The van der Waals surface area contributed by atoms with Crippen molar-refractivity contribution in [3.8, 4) is 22.9 Å². The topological polar surface area (TPSA) is 93.4 Å². The maximum absolute atomic E-state index is 12.8. The van der Waals surface area contributed by atoms with E-state index in [0.717, 1.165) is 45.7 Å². The fourth-order valence-corrected chi connectivity index (χ4v) is 6.76. The Morgan fingerprint density at radius 1 is 0.784 bits per heavy atom. The summed E-state index contributed by atoms with van der Waals surface area (Å²) in [5, 5.41) is 7.90. The zero-order chi connectivity index (χ0) is 34.9. The Kier molecular flexibility index (Phi) is 8.33. The average Bonchev–Trinajstić information content (AvgIpc) is 3.68. The Morgan fingerprint density at radius 3 is 2.22 bits per heavy atom. The molecule has 2 aliphatic heterocycles. The van der Waals surface area contributed by atoms with Crippen molar-refractivity contribution in [2.45, 2.75) is 19.5 Å².